The fourth-order valence-electron chi connectivity index (χ4n) is 4.34. The highest BCUT2D eigenvalue weighted by molar-refractivity contribution is 5.72. The first-order valence-electron chi connectivity index (χ1n) is 10.7. The van der Waals surface area contributed by atoms with Crippen LogP contribution in [-0.4, -0.2) is 75.1 Å². The average Bonchev–Trinajstić information content (AvgIpc) is 3.51. The van der Waals surface area contributed by atoms with E-state index < -0.39 is 0 Å². The van der Waals surface area contributed by atoms with E-state index in [9.17, 15) is 0 Å². The third kappa shape index (κ3) is 3.41. The van der Waals surface area contributed by atoms with E-state index in [0.29, 0.717) is 0 Å². The molecule has 170 valence electrons. The van der Waals surface area contributed by atoms with Crippen molar-refractivity contribution in [3.8, 4) is 34.2 Å². The Bertz CT molecular complexity index is 1100. The first-order valence-corrected chi connectivity index (χ1v) is 10.7. The van der Waals surface area contributed by atoms with E-state index in [0.717, 1.165) is 34.2 Å². The van der Waals surface area contributed by atoms with E-state index in [1.807, 2.05) is 0 Å². The summed E-state index contributed by atoms with van der Waals surface area (Å²) in [6, 6.07) is 17.3. The second-order valence-electron chi connectivity index (χ2n) is 8.70. The summed E-state index contributed by atoms with van der Waals surface area (Å²) >= 11 is 0. The summed E-state index contributed by atoms with van der Waals surface area (Å²) in [6.45, 7) is 0. The van der Waals surface area contributed by atoms with Gasteiger partial charge in [-0.15, -0.1) is 0 Å². The third-order valence-corrected chi connectivity index (χ3v) is 5.62. The molecule has 0 spiro atoms. The molecule has 0 saturated carbocycles. The fourth-order valence-corrected chi connectivity index (χ4v) is 4.34. The van der Waals surface area contributed by atoms with Crippen LogP contribution in [0.15, 0.2) is 60.9 Å². The molecule has 0 fully saturated rings. The summed E-state index contributed by atoms with van der Waals surface area (Å²) in [7, 11) is 16.5. The molecule has 0 aliphatic heterocycles. The predicted molar refractivity (Wildman–Crippen MR) is 135 cm³/mol. The van der Waals surface area contributed by atoms with Crippen molar-refractivity contribution in [2.75, 3.05) is 76.4 Å². The van der Waals surface area contributed by atoms with Crippen molar-refractivity contribution in [1.82, 2.24) is 18.7 Å². The highest BCUT2D eigenvalue weighted by Gasteiger charge is 2.22. The molecule has 0 radical (unpaired) electrons. The number of aromatic nitrogens is 4. The minimum Gasteiger partial charge on any atom is -0.319 e. The van der Waals surface area contributed by atoms with Crippen LogP contribution in [0.25, 0.3) is 34.2 Å². The molecule has 8 heteroatoms. The average molecular weight is 435 g/mol. The molecule has 32 heavy (non-hydrogen) atoms. The van der Waals surface area contributed by atoms with Crippen LogP contribution in [0, 0.1) is 0 Å². The van der Waals surface area contributed by atoms with Gasteiger partial charge in [-0.25, -0.2) is 0 Å². The summed E-state index contributed by atoms with van der Waals surface area (Å²) in [5, 5.41) is 8.43. The smallest absolute Gasteiger partial charge is 0.0886 e. The zero-order valence-corrected chi connectivity index (χ0v) is 20.4. The highest BCUT2D eigenvalue weighted by Crippen LogP contribution is 2.33. The molecule has 0 bridgehead atoms. The molecule has 4 aromatic heterocycles. The SMILES string of the molecule is CN(C)n1cccc1-c1ccc(-c2ccc(-c3cccn3N(C)C)n2N(C)C)n1N(C)C. The van der Waals surface area contributed by atoms with Gasteiger partial charge in [0.25, 0.3) is 0 Å². The Balaban J connectivity index is 1.92. The van der Waals surface area contributed by atoms with Gasteiger partial charge < -0.3 is 20.0 Å². The summed E-state index contributed by atoms with van der Waals surface area (Å²) in [5.74, 6) is 0. The lowest BCUT2D eigenvalue weighted by Gasteiger charge is -2.27. The van der Waals surface area contributed by atoms with Crippen LogP contribution in [-0.2, 0) is 0 Å². The Kier molecular flexibility index (Phi) is 5.46. The Morgan fingerprint density at radius 3 is 1.00 bits per heavy atom. The van der Waals surface area contributed by atoms with Gasteiger partial charge in [0, 0.05) is 68.8 Å². The maximum atomic E-state index is 2.26. The summed E-state index contributed by atoms with van der Waals surface area (Å²) in [6.07, 6.45) is 4.16. The molecule has 8 nitrogen and oxygen atoms in total. The molecule has 4 aromatic rings. The molecule has 4 rings (SSSR count). The lowest BCUT2D eigenvalue weighted by atomic mass is 10.3. The standard InChI is InChI=1S/C24H34N8/c1-25(2)29-17-9-11-19(29)21-13-15-23(31(21)27(5)6)24-16-14-22(32(24)28(7)8)20-12-10-18-30(20)26(3)4/h9-18H,1-8H3. The van der Waals surface area contributed by atoms with Gasteiger partial charge in [0.1, 0.15) is 0 Å². The van der Waals surface area contributed by atoms with E-state index in [-0.39, 0.29) is 0 Å². The van der Waals surface area contributed by atoms with Gasteiger partial charge in [-0.05, 0) is 48.5 Å². The van der Waals surface area contributed by atoms with Crippen molar-refractivity contribution in [3.05, 3.63) is 60.9 Å². The minimum atomic E-state index is 1.12. The van der Waals surface area contributed by atoms with Crippen molar-refractivity contribution >= 4 is 0 Å². The van der Waals surface area contributed by atoms with Gasteiger partial charge in [-0.2, -0.15) is 0 Å². The van der Waals surface area contributed by atoms with Crippen LogP contribution in [0.2, 0.25) is 0 Å². The maximum Gasteiger partial charge on any atom is 0.0886 e. The van der Waals surface area contributed by atoms with E-state index >= 15 is 0 Å². The molecule has 0 amide bonds. The Morgan fingerprint density at radius 1 is 0.406 bits per heavy atom. The first-order chi connectivity index (χ1) is 15.2. The molecular formula is C24H34N8. The quantitative estimate of drug-likeness (QED) is 0.448. The number of nitrogens with zero attached hydrogens (tertiary/aromatic N) is 8. The van der Waals surface area contributed by atoms with Crippen molar-refractivity contribution in [1.29, 1.82) is 0 Å². The van der Waals surface area contributed by atoms with Crippen LogP contribution in [0.5, 0.6) is 0 Å². The second kappa shape index (κ2) is 8.11. The van der Waals surface area contributed by atoms with E-state index in [2.05, 4.69) is 156 Å². The predicted octanol–water partition coefficient (Wildman–Crippen LogP) is 2.68. The van der Waals surface area contributed by atoms with Gasteiger partial charge in [0.05, 0.1) is 34.2 Å². The van der Waals surface area contributed by atoms with E-state index in [1.54, 1.807) is 0 Å². The molecule has 0 atom stereocenters. The number of rotatable bonds is 7. The van der Waals surface area contributed by atoms with Crippen LogP contribution >= 0.6 is 0 Å². The molecule has 4 heterocycles. The third-order valence-electron chi connectivity index (χ3n) is 5.62. The van der Waals surface area contributed by atoms with E-state index in [4.69, 9.17) is 0 Å². The van der Waals surface area contributed by atoms with Crippen molar-refractivity contribution in [2.24, 2.45) is 0 Å². The van der Waals surface area contributed by atoms with Gasteiger partial charge >= 0.3 is 0 Å². The van der Waals surface area contributed by atoms with Gasteiger partial charge in [0.15, 0.2) is 0 Å². The van der Waals surface area contributed by atoms with Crippen LogP contribution in [0.4, 0.5) is 0 Å². The van der Waals surface area contributed by atoms with Crippen LogP contribution < -0.4 is 20.0 Å². The molecule has 0 aromatic carbocycles. The molecule has 0 unspecified atom stereocenters. The first kappa shape index (κ1) is 21.5. The summed E-state index contributed by atoms with van der Waals surface area (Å²) in [4.78, 5) is 0. The fraction of sp³-hybridized carbons (Fsp3) is 0.333. The Morgan fingerprint density at radius 2 is 0.719 bits per heavy atom. The molecule has 0 aliphatic rings. The summed E-state index contributed by atoms with van der Waals surface area (Å²) in [5.41, 5.74) is 6.79. The largest absolute Gasteiger partial charge is 0.319 e. The second-order valence-corrected chi connectivity index (χ2v) is 8.70. The zero-order chi connectivity index (χ0) is 23.2. The zero-order valence-electron chi connectivity index (χ0n) is 20.4. The molecule has 0 aliphatic carbocycles. The highest BCUT2D eigenvalue weighted by atomic mass is 15.6. The molecule has 0 saturated heterocycles. The molecule has 0 N–H and O–H groups in total. The van der Waals surface area contributed by atoms with Gasteiger partial charge in [-0.3, -0.25) is 18.7 Å². The lowest BCUT2D eigenvalue weighted by Crippen LogP contribution is -2.31. The van der Waals surface area contributed by atoms with Gasteiger partial charge in [-0.1, -0.05) is 0 Å². The van der Waals surface area contributed by atoms with Crippen molar-refractivity contribution in [2.45, 2.75) is 0 Å². The van der Waals surface area contributed by atoms with Crippen molar-refractivity contribution in [3.63, 3.8) is 0 Å². The van der Waals surface area contributed by atoms with Crippen molar-refractivity contribution < 1.29 is 0 Å². The topological polar surface area (TPSA) is 32.7 Å². The van der Waals surface area contributed by atoms with Crippen LogP contribution in [0.1, 0.15) is 0 Å². The minimum absolute atomic E-state index is 1.12. The van der Waals surface area contributed by atoms with Crippen LogP contribution in [0.3, 0.4) is 0 Å². The normalized spacial score (nSPS) is 11.1. The van der Waals surface area contributed by atoms with E-state index in [1.165, 1.54) is 0 Å². The Hall–Kier alpha value is -3.68. The lowest BCUT2D eigenvalue weighted by molar-refractivity contribution is 0.697. The maximum absolute atomic E-state index is 2.26. The Labute approximate surface area is 190 Å². The monoisotopic (exact) mass is 434 g/mol. The molecular weight excluding hydrogens is 400 g/mol. The number of hydrogen-bond acceptors (Lipinski definition) is 4. The van der Waals surface area contributed by atoms with Gasteiger partial charge in [0.2, 0.25) is 0 Å². The number of hydrogen-bond donors (Lipinski definition) is 0. The summed E-state index contributed by atoms with van der Waals surface area (Å²) < 4.78 is 8.83.